The van der Waals surface area contributed by atoms with Crippen molar-refractivity contribution in [2.75, 3.05) is 6.54 Å². The molecule has 4 heteroatoms. The number of halogens is 2. The number of pyridine rings is 1. The predicted octanol–water partition coefficient (Wildman–Crippen LogP) is 4.27. The Morgan fingerprint density at radius 1 is 1.30 bits per heavy atom. The fourth-order valence-electron chi connectivity index (χ4n) is 2.26. The first-order valence-electron chi connectivity index (χ1n) is 6.72. The zero-order valence-corrected chi connectivity index (χ0v) is 12.4. The highest BCUT2D eigenvalue weighted by atomic mass is 35.5. The molecule has 0 radical (unpaired) electrons. The Kier molecular flexibility index (Phi) is 5.10. The van der Waals surface area contributed by atoms with Crippen LogP contribution in [-0.2, 0) is 0 Å². The number of hydrogen-bond acceptors (Lipinski definition) is 2. The topological polar surface area (TPSA) is 24.9 Å². The smallest absolute Gasteiger partial charge is 0.123 e. The van der Waals surface area contributed by atoms with E-state index < -0.39 is 0 Å². The lowest BCUT2D eigenvalue weighted by Crippen LogP contribution is -2.24. The fraction of sp³-hybridized carbons (Fsp3) is 0.312. The minimum atomic E-state index is -0.221. The van der Waals surface area contributed by atoms with Crippen LogP contribution in [-0.4, -0.2) is 11.5 Å². The van der Waals surface area contributed by atoms with Crippen molar-refractivity contribution in [1.82, 2.24) is 10.3 Å². The Morgan fingerprint density at radius 2 is 2.10 bits per heavy atom. The number of hydrogen-bond donors (Lipinski definition) is 1. The van der Waals surface area contributed by atoms with Gasteiger partial charge in [0.15, 0.2) is 0 Å². The Bertz CT molecular complexity index is 586. The molecule has 1 aromatic carbocycles. The lowest BCUT2D eigenvalue weighted by atomic mass is 9.95. The van der Waals surface area contributed by atoms with Crippen molar-refractivity contribution in [2.24, 2.45) is 0 Å². The van der Waals surface area contributed by atoms with E-state index >= 15 is 0 Å². The molecular formula is C16H18ClFN2. The van der Waals surface area contributed by atoms with E-state index in [0.29, 0.717) is 5.02 Å². The molecule has 1 aromatic heterocycles. The highest BCUT2D eigenvalue weighted by Gasteiger charge is 2.18. The van der Waals surface area contributed by atoms with Crippen molar-refractivity contribution in [1.29, 1.82) is 0 Å². The molecule has 1 N–H and O–H groups in total. The summed E-state index contributed by atoms with van der Waals surface area (Å²) in [6, 6.07) is 6.70. The van der Waals surface area contributed by atoms with Gasteiger partial charge in [-0.25, -0.2) is 4.39 Å². The summed E-state index contributed by atoms with van der Waals surface area (Å²) in [7, 11) is 0. The second-order valence-electron chi connectivity index (χ2n) is 4.79. The van der Waals surface area contributed by atoms with Gasteiger partial charge < -0.3 is 5.32 Å². The van der Waals surface area contributed by atoms with Crippen molar-refractivity contribution in [3.05, 3.63) is 64.2 Å². The van der Waals surface area contributed by atoms with Crippen LogP contribution < -0.4 is 5.32 Å². The lowest BCUT2D eigenvalue weighted by Gasteiger charge is -2.22. The maximum atomic E-state index is 13.3. The Balaban J connectivity index is 2.44. The van der Waals surface area contributed by atoms with Crippen LogP contribution in [0.15, 0.2) is 36.7 Å². The highest BCUT2D eigenvalue weighted by molar-refractivity contribution is 6.31. The summed E-state index contributed by atoms with van der Waals surface area (Å²) in [4.78, 5) is 4.02. The zero-order chi connectivity index (χ0) is 14.5. The van der Waals surface area contributed by atoms with Crippen molar-refractivity contribution >= 4 is 11.6 Å². The molecule has 0 aliphatic heterocycles. The van der Waals surface area contributed by atoms with Gasteiger partial charge in [0.2, 0.25) is 0 Å². The summed E-state index contributed by atoms with van der Waals surface area (Å²) >= 11 is 6.25. The van der Waals surface area contributed by atoms with Crippen molar-refractivity contribution in [3.8, 4) is 0 Å². The molecule has 1 atom stereocenters. The van der Waals surface area contributed by atoms with Gasteiger partial charge in [-0.1, -0.05) is 24.6 Å². The van der Waals surface area contributed by atoms with Crippen LogP contribution >= 0.6 is 11.6 Å². The Morgan fingerprint density at radius 3 is 2.75 bits per heavy atom. The first kappa shape index (κ1) is 14.9. The molecule has 2 aromatic rings. The summed E-state index contributed by atoms with van der Waals surface area (Å²) < 4.78 is 13.3. The number of rotatable bonds is 5. The van der Waals surface area contributed by atoms with Crippen LogP contribution in [0.1, 0.15) is 36.1 Å². The third-order valence-corrected chi connectivity index (χ3v) is 3.57. The SMILES string of the molecule is CCCNC(c1ccc(F)cc1C)c1ccncc1Cl. The van der Waals surface area contributed by atoms with E-state index in [1.165, 1.54) is 6.07 Å². The summed E-state index contributed by atoms with van der Waals surface area (Å²) in [6.45, 7) is 4.88. The third kappa shape index (κ3) is 3.35. The van der Waals surface area contributed by atoms with Crippen LogP contribution in [0.5, 0.6) is 0 Å². The van der Waals surface area contributed by atoms with Crippen LogP contribution in [0, 0.1) is 12.7 Å². The molecule has 0 aliphatic carbocycles. The number of nitrogens with zero attached hydrogens (tertiary/aromatic N) is 1. The van der Waals surface area contributed by atoms with Gasteiger partial charge >= 0.3 is 0 Å². The summed E-state index contributed by atoms with van der Waals surface area (Å²) in [5.41, 5.74) is 2.91. The Labute approximate surface area is 124 Å². The number of aryl methyl sites for hydroxylation is 1. The molecule has 106 valence electrons. The van der Waals surface area contributed by atoms with Crippen LogP contribution in [0.2, 0.25) is 5.02 Å². The Hall–Kier alpha value is -1.45. The van der Waals surface area contributed by atoms with Gasteiger partial charge in [-0.2, -0.15) is 0 Å². The van der Waals surface area contributed by atoms with E-state index in [-0.39, 0.29) is 11.9 Å². The third-order valence-electron chi connectivity index (χ3n) is 3.26. The minimum Gasteiger partial charge on any atom is -0.306 e. The molecule has 0 saturated heterocycles. The molecule has 20 heavy (non-hydrogen) atoms. The van der Waals surface area contributed by atoms with Gasteiger partial charge in [-0.15, -0.1) is 0 Å². The van der Waals surface area contributed by atoms with Gasteiger partial charge in [0.25, 0.3) is 0 Å². The standard InChI is InChI=1S/C16H18ClFN2/c1-3-7-20-16(14-6-8-19-10-15(14)17)13-5-4-12(18)9-11(13)2/h4-6,8-10,16,20H,3,7H2,1-2H3. The second kappa shape index (κ2) is 6.82. The number of nitrogens with one attached hydrogen (secondary N) is 1. The van der Waals surface area contributed by atoms with Gasteiger partial charge in [-0.05, 0) is 54.8 Å². The number of aromatic nitrogens is 1. The molecule has 0 bridgehead atoms. The molecule has 0 amide bonds. The minimum absolute atomic E-state index is 0.0500. The fourth-order valence-corrected chi connectivity index (χ4v) is 2.49. The van der Waals surface area contributed by atoms with E-state index in [2.05, 4.69) is 17.2 Å². The molecule has 1 heterocycles. The van der Waals surface area contributed by atoms with Gasteiger partial charge in [0.1, 0.15) is 5.82 Å². The highest BCUT2D eigenvalue weighted by Crippen LogP contribution is 2.29. The van der Waals surface area contributed by atoms with Gasteiger partial charge in [0.05, 0.1) is 11.1 Å². The maximum absolute atomic E-state index is 13.3. The first-order valence-corrected chi connectivity index (χ1v) is 7.10. The average molecular weight is 293 g/mol. The van der Waals surface area contributed by atoms with Crippen molar-refractivity contribution in [3.63, 3.8) is 0 Å². The normalized spacial score (nSPS) is 12.4. The lowest BCUT2D eigenvalue weighted by molar-refractivity contribution is 0.589. The van der Waals surface area contributed by atoms with E-state index in [4.69, 9.17) is 11.6 Å². The predicted molar refractivity (Wildman–Crippen MR) is 80.5 cm³/mol. The molecule has 2 rings (SSSR count). The van der Waals surface area contributed by atoms with Crippen LogP contribution in [0.4, 0.5) is 4.39 Å². The quantitative estimate of drug-likeness (QED) is 0.890. The summed E-state index contributed by atoms with van der Waals surface area (Å²) in [6.07, 6.45) is 4.37. The summed E-state index contributed by atoms with van der Waals surface area (Å²) in [5, 5.41) is 4.08. The molecule has 0 saturated carbocycles. The van der Waals surface area contributed by atoms with Gasteiger partial charge in [-0.3, -0.25) is 4.98 Å². The van der Waals surface area contributed by atoms with Crippen LogP contribution in [0.3, 0.4) is 0 Å². The summed E-state index contributed by atoms with van der Waals surface area (Å²) in [5.74, 6) is -0.221. The van der Waals surface area contributed by atoms with Gasteiger partial charge in [0, 0.05) is 12.4 Å². The molecule has 0 fully saturated rings. The molecular weight excluding hydrogens is 275 g/mol. The van der Waals surface area contributed by atoms with E-state index in [1.54, 1.807) is 18.5 Å². The largest absolute Gasteiger partial charge is 0.306 e. The maximum Gasteiger partial charge on any atom is 0.123 e. The number of benzene rings is 1. The second-order valence-corrected chi connectivity index (χ2v) is 5.19. The average Bonchev–Trinajstić information content (AvgIpc) is 2.42. The monoisotopic (exact) mass is 292 g/mol. The van der Waals surface area contributed by atoms with Crippen LogP contribution in [0.25, 0.3) is 0 Å². The molecule has 1 unspecified atom stereocenters. The molecule has 0 aliphatic rings. The molecule has 2 nitrogen and oxygen atoms in total. The van der Waals surface area contributed by atoms with E-state index in [1.807, 2.05) is 19.1 Å². The molecule has 0 spiro atoms. The zero-order valence-electron chi connectivity index (χ0n) is 11.7. The first-order chi connectivity index (χ1) is 9.63. The van der Waals surface area contributed by atoms with E-state index in [9.17, 15) is 4.39 Å². The van der Waals surface area contributed by atoms with Crippen molar-refractivity contribution < 1.29 is 4.39 Å². The van der Waals surface area contributed by atoms with E-state index in [0.717, 1.165) is 29.7 Å². The van der Waals surface area contributed by atoms with Crippen molar-refractivity contribution in [2.45, 2.75) is 26.3 Å².